The fourth-order valence-electron chi connectivity index (χ4n) is 2.78. The van der Waals surface area contributed by atoms with Gasteiger partial charge < -0.3 is 10.2 Å². The normalized spacial score (nSPS) is 23.1. The Balaban J connectivity index is 2.71. The maximum Gasteiger partial charge on any atom is 0.309 e. The number of hydrogen-bond acceptors (Lipinski definition) is 2. The Hall–Kier alpha value is -0.570. The van der Waals surface area contributed by atoms with E-state index < -0.39 is 17.5 Å². The Morgan fingerprint density at radius 1 is 1.19 bits per heavy atom. The molecule has 0 radical (unpaired) electrons. The molecule has 1 aliphatic rings. The molecule has 0 aromatic heterocycles. The van der Waals surface area contributed by atoms with Crippen molar-refractivity contribution in [3.63, 3.8) is 0 Å². The molecule has 1 unspecified atom stereocenters. The van der Waals surface area contributed by atoms with E-state index in [1.54, 1.807) is 0 Å². The van der Waals surface area contributed by atoms with E-state index in [4.69, 9.17) is 0 Å². The van der Waals surface area contributed by atoms with Crippen molar-refractivity contribution in [2.75, 3.05) is 0 Å². The standard InChI is InChI=1S/C13H24O3/c1-2-8-11(12(14)15)13(16)9-6-4-3-5-7-10-13/h11,16H,2-10H2,1H3,(H,14,15). The van der Waals surface area contributed by atoms with E-state index in [2.05, 4.69) is 0 Å². The van der Waals surface area contributed by atoms with Gasteiger partial charge in [-0.15, -0.1) is 0 Å². The van der Waals surface area contributed by atoms with Gasteiger partial charge in [0.15, 0.2) is 0 Å². The Bertz CT molecular complexity index is 217. The summed E-state index contributed by atoms with van der Waals surface area (Å²) in [6, 6.07) is 0. The van der Waals surface area contributed by atoms with Crippen LogP contribution in [0.15, 0.2) is 0 Å². The van der Waals surface area contributed by atoms with Crippen LogP contribution < -0.4 is 0 Å². The molecule has 94 valence electrons. The zero-order valence-corrected chi connectivity index (χ0v) is 10.2. The second kappa shape index (κ2) is 6.24. The Morgan fingerprint density at radius 2 is 1.69 bits per heavy atom. The molecule has 1 rings (SSSR count). The van der Waals surface area contributed by atoms with E-state index in [9.17, 15) is 15.0 Å². The molecule has 1 aliphatic carbocycles. The summed E-state index contributed by atoms with van der Waals surface area (Å²) in [6.07, 6.45) is 8.12. The van der Waals surface area contributed by atoms with E-state index in [-0.39, 0.29) is 0 Å². The van der Waals surface area contributed by atoms with Gasteiger partial charge in [0.25, 0.3) is 0 Å². The van der Waals surface area contributed by atoms with Gasteiger partial charge in [-0.2, -0.15) is 0 Å². The molecular formula is C13H24O3. The molecule has 0 heterocycles. The lowest BCUT2D eigenvalue weighted by molar-refractivity contribution is -0.154. The van der Waals surface area contributed by atoms with Gasteiger partial charge in [-0.3, -0.25) is 4.79 Å². The summed E-state index contributed by atoms with van der Waals surface area (Å²) in [7, 11) is 0. The van der Waals surface area contributed by atoms with Gasteiger partial charge in [-0.05, 0) is 19.3 Å². The van der Waals surface area contributed by atoms with Gasteiger partial charge >= 0.3 is 5.97 Å². The molecule has 0 aromatic rings. The summed E-state index contributed by atoms with van der Waals surface area (Å²) in [5.41, 5.74) is -0.956. The number of rotatable bonds is 4. The van der Waals surface area contributed by atoms with Crippen LogP contribution in [0.4, 0.5) is 0 Å². The minimum atomic E-state index is -0.956. The van der Waals surface area contributed by atoms with Gasteiger partial charge in [0, 0.05) is 0 Å². The van der Waals surface area contributed by atoms with E-state index in [0.717, 1.165) is 32.1 Å². The Labute approximate surface area is 97.9 Å². The van der Waals surface area contributed by atoms with E-state index in [0.29, 0.717) is 19.3 Å². The summed E-state index contributed by atoms with van der Waals surface area (Å²) in [4.78, 5) is 11.2. The zero-order chi connectivity index (χ0) is 12.0. The summed E-state index contributed by atoms with van der Waals surface area (Å²) in [6.45, 7) is 1.97. The van der Waals surface area contributed by atoms with E-state index >= 15 is 0 Å². The number of aliphatic carboxylic acids is 1. The Morgan fingerprint density at radius 3 is 2.12 bits per heavy atom. The molecule has 0 bridgehead atoms. The van der Waals surface area contributed by atoms with Gasteiger partial charge in [0.05, 0.1) is 11.5 Å². The van der Waals surface area contributed by atoms with Crippen LogP contribution in [-0.2, 0) is 4.79 Å². The second-order valence-electron chi connectivity index (χ2n) is 5.05. The molecule has 1 fully saturated rings. The highest BCUT2D eigenvalue weighted by Gasteiger charge is 2.40. The van der Waals surface area contributed by atoms with Crippen LogP contribution in [0, 0.1) is 5.92 Å². The quantitative estimate of drug-likeness (QED) is 0.777. The number of carboxylic acids is 1. The van der Waals surface area contributed by atoms with Gasteiger partial charge in [0.1, 0.15) is 0 Å². The minimum Gasteiger partial charge on any atom is -0.481 e. The van der Waals surface area contributed by atoms with Crippen molar-refractivity contribution in [3.05, 3.63) is 0 Å². The van der Waals surface area contributed by atoms with Crippen LogP contribution in [0.2, 0.25) is 0 Å². The monoisotopic (exact) mass is 228 g/mol. The molecule has 0 aliphatic heterocycles. The predicted octanol–water partition coefficient (Wildman–Crippen LogP) is 2.96. The van der Waals surface area contributed by atoms with E-state index in [1.807, 2.05) is 6.92 Å². The molecule has 1 atom stereocenters. The van der Waals surface area contributed by atoms with Crippen LogP contribution >= 0.6 is 0 Å². The summed E-state index contributed by atoms with van der Waals surface area (Å²) in [5.74, 6) is -1.40. The Kier molecular flexibility index (Phi) is 5.26. The topological polar surface area (TPSA) is 57.5 Å². The molecular weight excluding hydrogens is 204 g/mol. The molecule has 1 saturated carbocycles. The highest BCUT2D eigenvalue weighted by Crippen LogP contribution is 2.35. The van der Waals surface area contributed by atoms with Crippen LogP contribution in [0.5, 0.6) is 0 Å². The first-order valence-electron chi connectivity index (χ1n) is 6.55. The third-order valence-electron chi connectivity index (χ3n) is 3.74. The van der Waals surface area contributed by atoms with Gasteiger partial charge in [0.2, 0.25) is 0 Å². The van der Waals surface area contributed by atoms with Gasteiger partial charge in [-0.25, -0.2) is 0 Å². The predicted molar refractivity (Wildman–Crippen MR) is 63.3 cm³/mol. The van der Waals surface area contributed by atoms with Crippen molar-refractivity contribution in [1.29, 1.82) is 0 Å². The lowest BCUT2D eigenvalue weighted by atomic mass is 9.75. The summed E-state index contributed by atoms with van der Waals surface area (Å²) >= 11 is 0. The maximum absolute atomic E-state index is 11.2. The zero-order valence-electron chi connectivity index (χ0n) is 10.2. The largest absolute Gasteiger partial charge is 0.481 e. The first kappa shape index (κ1) is 13.5. The molecule has 0 saturated heterocycles. The highest BCUT2D eigenvalue weighted by molar-refractivity contribution is 5.71. The molecule has 0 spiro atoms. The minimum absolute atomic E-state index is 0.574. The summed E-state index contributed by atoms with van der Waals surface area (Å²) in [5, 5.41) is 19.8. The summed E-state index contributed by atoms with van der Waals surface area (Å²) < 4.78 is 0. The fourth-order valence-corrected chi connectivity index (χ4v) is 2.78. The van der Waals surface area contributed by atoms with Crippen molar-refractivity contribution in [3.8, 4) is 0 Å². The smallest absolute Gasteiger partial charge is 0.309 e. The number of carboxylic acid groups (broad SMARTS) is 1. The molecule has 16 heavy (non-hydrogen) atoms. The SMILES string of the molecule is CCCC(C(=O)O)C1(O)CCCCCCC1. The molecule has 2 N–H and O–H groups in total. The van der Waals surface area contributed by atoms with Crippen molar-refractivity contribution < 1.29 is 15.0 Å². The lowest BCUT2D eigenvalue weighted by Gasteiger charge is -2.35. The van der Waals surface area contributed by atoms with Crippen molar-refractivity contribution in [2.45, 2.75) is 70.3 Å². The van der Waals surface area contributed by atoms with Crippen molar-refractivity contribution >= 4 is 5.97 Å². The average Bonchev–Trinajstić information content (AvgIpc) is 2.20. The van der Waals surface area contributed by atoms with Gasteiger partial charge in [-0.1, -0.05) is 45.4 Å². The lowest BCUT2D eigenvalue weighted by Crippen LogP contribution is -2.42. The van der Waals surface area contributed by atoms with E-state index in [1.165, 1.54) is 6.42 Å². The number of hydrogen-bond donors (Lipinski definition) is 2. The third kappa shape index (κ3) is 3.48. The molecule has 0 amide bonds. The molecule has 0 aromatic carbocycles. The van der Waals surface area contributed by atoms with Crippen LogP contribution in [0.25, 0.3) is 0 Å². The molecule has 3 nitrogen and oxygen atoms in total. The van der Waals surface area contributed by atoms with Crippen molar-refractivity contribution in [1.82, 2.24) is 0 Å². The van der Waals surface area contributed by atoms with Crippen molar-refractivity contribution in [2.24, 2.45) is 5.92 Å². The first-order chi connectivity index (χ1) is 7.60. The molecule has 3 heteroatoms. The third-order valence-corrected chi connectivity index (χ3v) is 3.74. The second-order valence-corrected chi connectivity index (χ2v) is 5.05. The maximum atomic E-state index is 11.2. The number of carbonyl (C=O) groups is 1. The highest BCUT2D eigenvalue weighted by atomic mass is 16.4. The van der Waals surface area contributed by atoms with Crippen LogP contribution in [-0.4, -0.2) is 21.8 Å². The van der Waals surface area contributed by atoms with Crippen LogP contribution in [0.3, 0.4) is 0 Å². The average molecular weight is 228 g/mol. The number of aliphatic hydroxyl groups is 1. The first-order valence-corrected chi connectivity index (χ1v) is 6.55. The fraction of sp³-hybridized carbons (Fsp3) is 0.923. The van der Waals surface area contributed by atoms with Crippen LogP contribution in [0.1, 0.15) is 64.7 Å².